The minimum atomic E-state index is -1.70. The molecular weight excluding hydrogens is 252 g/mol. The molecule has 4 nitrogen and oxygen atoms in total. The largest absolute Gasteiger partial charge is 0.507 e. The molecule has 100 valence electrons. The summed E-state index contributed by atoms with van der Waals surface area (Å²) in [5.41, 5.74) is 14.0. The van der Waals surface area contributed by atoms with Crippen molar-refractivity contribution in [2.75, 3.05) is 0 Å². The third-order valence-electron chi connectivity index (χ3n) is 4.24. The van der Waals surface area contributed by atoms with Crippen LogP contribution < -0.4 is 11.5 Å². The average Bonchev–Trinajstić information content (AvgIpc) is 2.44. The number of phenolic OH excluding ortho intramolecular Hbond substituents is 1. The van der Waals surface area contributed by atoms with Crippen LogP contribution in [-0.2, 0) is 5.72 Å². The van der Waals surface area contributed by atoms with Crippen LogP contribution in [0.2, 0.25) is 0 Å². The van der Waals surface area contributed by atoms with E-state index in [0.29, 0.717) is 17.4 Å². The van der Waals surface area contributed by atoms with Crippen molar-refractivity contribution in [3.05, 3.63) is 52.7 Å². The smallest absolute Gasteiger partial charge is 0.181 e. The summed E-state index contributed by atoms with van der Waals surface area (Å²) in [5.74, 6) is 0.183. The lowest BCUT2D eigenvalue weighted by molar-refractivity contribution is 0.0834. The summed E-state index contributed by atoms with van der Waals surface area (Å²) in [6.45, 7) is 0. The van der Waals surface area contributed by atoms with Crippen LogP contribution in [0.3, 0.4) is 0 Å². The van der Waals surface area contributed by atoms with E-state index in [-0.39, 0.29) is 11.4 Å². The number of hydrogen-bond acceptors (Lipinski definition) is 4. The Kier molecular flexibility index (Phi) is 1.97. The maximum Gasteiger partial charge on any atom is 0.181 e. The van der Waals surface area contributed by atoms with Gasteiger partial charge in [0, 0.05) is 16.3 Å². The zero-order valence-corrected chi connectivity index (χ0v) is 10.7. The van der Waals surface area contributed by atoms with Gasteiger partial charge in [0.15, 0.2) is 5.72 Å². The molecule has 1 unspecified atom stereocenters. The van der Waals surface area contributed by atoms with E-state index in [1.165, 1.54) is 0 Å². The Morgan fingerprint density at radius 2 is 2.05 bits per heavy atom. The fraction of sp³-hybridized carbons (Fsp3) is 0.125. The molecule has 4 heteroatoms. The molecule has 4 rings (SSSR count). The van der Waals surface area contributed by atoms with Crippen molar-refractivity contribution in [3.8, 4) is 5.75 Å². The second-order valence-electron chi connectivity index (χ2n) is 5.35. The van der Waals surface area contributed by atoms with Gasteiger partial charge in [-0.15, -0.1) is 0 Å². The fourth-order valence-electron chi connectivity index (χ4n) is 3.28. The number of aliphatic hydroxyl groups is 1. The molecule has 2 aliphatic rings. The zero-order chi connectivity index (χ0) is 14.1. The van der Waals surface area contributed by atoms with Gasteiger partial charge in [0.05, 0.1) is 5.70 Å². The van der Waals surface area contributed by atoms with Gasteiger partial charge in [-0.2, -0.15) is 0 Å². The topological polar surface area (TPSA) is 92.5 Å². The SMILES string of the molecule is NC1=C2CC=Cc3cc(O)c4cccc(c4c32)C1(N)O. The van der Waals surface area contributed by atoms with Crippen molar-refractivity contribution in [1.82, 2.24) is 0 Å². The normalized spacial score (nSPS) is 23.5. The Morgan fingerprint density at radius 3 is 2.85 bits per heavy atom. The molecule has 0 aliphatic heterocycles. The van der Waals surface area contributed by atoms with E-state index in [9.17, 15) is 10.2 Å². The molecular formula is C16H14N2O2. The van der Waals surface area contributed by atoms with E-state index in [4.69, 9.17) is 11.5 Å². The summed E-state index contributed by atoms with van der Waals surface area (Å²) in [6, 6.07) is 7.07. The maximum atomic E-state index is 10.6. The van der Waals surface area contributed by atoms with Crippen LogP contribution in [0.5, 0.6) is 5.75 Å². The zero-order valence-electron chi connectivity index (χ0n) is 10.7. The maximum absolute atomic E-state index is 10.6. The summed E-state index contributed by atoms with van der Waals surface area (Å²) in [7, 11) is 0. The van der Waals surface area contributed by atoms with Crippen LogP contribution >= 0.6 is 0 Å². The number of nitrogens with two attached hydrogens (primary N) is 2. The molecule has 0 amide bonds. The highest BCUT2D eigenvalue weighted by Gasteiger charge is 2.38. The first-order valence-corrected chi connectivity index (χ1v) is 6.48. The lowest BCUT2D eigenvalue weighted by Gasteiger charge is -2.35. The minimum Gasteiger partial charge on any atom is -0.507 e. The second kappa shape index (κ2) is 3.42. The van der Waals surface area contributed by atoms with Crippen molar-refractivity contribution in [1.29, 1.82) is 0 Å². The van der Waals surface area contributed by atoms with Crippen LogP contribution in [0.15, 0.2) is 36.0 Å². The van der Waals surface area contributed by atoms with Crippen LogP contribution in [0, 0.1) is 0 Å². The summed E-state index contributed by atoms with van der Waals surface area (Å²) in [4.78, 5) is 0. The number of rotatable bonds is 0. The first kappa shape index (κ1) is 11.5. The minimum absolute atomic E-state index is 0.183. The Morgan fingerprint density at radius 1 is 1.25 bits per heavy atom. The molecule has 0 bridgehead atoms. The first-order chi connectivity index (χ1) is 9.51. The molecule has 2 aromatic rings. The third-order valence-corrected chi connectivity index (χ3v) is 4.24. The highest BCUT2D eigenvalue weighted by molar-refractivity contribution is 6.06. The summed E-state index contributed by atoms with van der Waals surface area (Å²) in [6.07, 6.45) is 4.55. The van der Waals surface area contributed by atoms with Gasteiger partial charge < -0.3 is 15.9 Å². The van der Waals surface area contributed by atoms with Gasteiger partial charge in [-0.25, -0.2) is 0 Å². The molecule has 0 saturated heterocycles. The first-order valence-electron chi connectivity index (χ1n) is 6.48. The van der Waals surface area contributed by atoms with Gasteiger partial charge in [0.1, 0.15) is 5.75 Å². The van der Waals surface area contributed by atoms with Crippen molar-refractivity contribution >= 4 is 22.4 Å². The molecule has 2 aromatic carbocycles. The number of phenols is 1. The van der Waals surface area contributed by atoms with E-state index >= 15 is 0 Å². The number of aromatic hydroxyl groups is 1. The molecule has 0 fully saturated rings. The molecule has 20 heavy (non-hydrogen) atoms. The lowest BCUT2D eigenvalue weighted by Crippen LogP contribution is -2.44. The quantitative estimate of drug-likeness (QED) is 0.547. The van der Waals surface area contributed by atoms with E-state index in [1.807, 2.05) is 18.2 Å². The van der Waals surface area contributed by atoms with E-state index in [1.54, 1.807) is 18.2 Å². The van der Waals surface area contributed by atoms with Crippen LogP contribution in [0.4, 0.5) is 0 Å². The lowest BCUT2D eigenvalue weighted by atomic mass is 9.76. The fourth-order valence-corrected chi connectivity index (χ4v) is 3.28. The monoisotopic (exact) mass is 266 g/mol. The van der Waals surface area contributed by atoms with Gasteiger partial charge in [-0.1, -0.05) is 30.4 Å². The number of hydrogen-bond donors (Lipinski definition) is 4. The predicted octanol–water partition coefficient (Wildman–Crippen LogP) is 1.75. The molecule has 2 aliphatic carbocycles. The Labute approximate surface area is 115 Å². The van der Waals surface area contributed by atoms with Gasteiger partial charge in [0.25, 0.3) is 0 Å². The Hall–Kier alpha value is -2.30. The highest BCUT2D eigenvalue weighted by atomic mass is 16.3. The molecule has 0 heterocycles. The van der Waals surface area contributed by atoms with Crippen molar-refractivity contribution in [2.45, 2.75) is 12.1 Å². The van der Waals surface area contributed by atoms with E-state index in [0.717, 1.165) is 22.1 Å². The van der Waals surface area contributed by atoms with Crippen molar-refractivity contribution in [3.63, 3.8) is 0 Å². The average molecular weight is 266 g/mol. The van der Waals surface area contributed by atoms with Gasteiger partial charge in [-0.05, 0) is 29.2 Å². The highest BCUT2D eigenvalue weighted by Crippen LogP contribution is 2.48. The van der Waals surface area contributed by atoms with E-state index < -0.39 is 5.72 Å². The van der Waals surface area contributed by atoms with Gasteiger partial charge in [-0.3, -0.25) is 5.73 Å². The van der Waals surface area contributed by atoms with Crippen LogP contribution in [-0.4, -0.2) is 10.2 Å². The molecule has 0 spiro atoms. The number of benzene rings is 2. The predicted molar refractivity (Wildman–Crippen MR) is 78.5 cm³/mol. The number of allylic oxidation sites excluding steroid dienone is 2. The van der Waals surface area contributed by atoms with Gasteiger partial charge in [0.2, 0.25) is 0 Å². The van der Waals surface area contributed by atoms with Crippen LogP contribution in [0.25, 0.3) is 22.4 Å². The summed E-state index contributed by atoms with van der Waals surface area (Å²) < 4.78 is 0. The summed E-state index contributed by atoms with van der Waals surface area (Å²) in [5, 5.41) is 22.3. The molecule has 0 radical (unpaired) electrons. The second-order valence-corrected chi connectivity index (χ2v) is 5.35. The van der Waals surface area contributed by atoms with Crippen molar-refractivity contribution in [2.24, 2.45) is 11.5 Å². The van der Waals surface area contributed by atoms with Gasteiger partial charge >= 0.3 is 0 Å². The third kappa shape index (κ3) is 1.18. The molecule has 1 atom stereocenters. The summed E-state index contributed by atoms with van der Waals surface area (Å²) >= 11 is 0. The van der Waals surface area contributed by atoms with E-state index in [2.05, 4.69) is 0 Å². The molecule has 0 aromatic heterocycles. The van der Waals surface area contributed by atoms with Crippen molar-refractivity contribution < 1.29 is 10.2 Å². The molecule has 0 saturated carbocycles. The van der Waals surface area contributed by atoms with Crippen LogP contribution in [0.1, 0.15) is 23.1 Å². The Balaban J connectivity index is 2.32. The standard InChI is InChI=1S/C16H14N2O2/c17-15-10-5-1-3-8-7-12(19)9-4-2-6-11(16(15,18)20)14(9)13(8)10/h1-4,6-7,19-20H,5,17-18H2. The molecule has 6 N–H and O–H groups in total. The Bertz CT molecular complexity index is 832.